The number of carboxylic acids is 1. The van der Waals surface area contributed by atoms with Crippen LogP contribution in [0.4, 0.5) is 5.82 Å². The van der Waals surface area contributed by atoms with Crippen LogP contribution in [0.5, 0.6) is 0 Å². The van der Waals surface area contributed by atoms with Crippen LogP contribution < -0.4 is 11.1 Å². The molecule has 2 aliphatic rings. The Hall–Kier alpha value is -3.66. The number of tetrazole rings is 1. The first kappa shape index (κ1) is 25.4. The minimum absolute atomic E-state index is 0.0128. The lowest BCUT2D eigenvalue weighted by Gasteiger charge is -2.54. The third-order valence-electron chi connectivity index (χ3n) is 5.79. The summed E-state index contributed by atoms with van der Waals surface area (Å²) in [5.74, 6) is -1.69. The number of carbonyl (C=O) groups is 3. The van der Waals surface area contributed by atoms with Crippen molar-refractivity contribution in [3.8, 4) is 0 Å². The van der Waals surface area contributed by atoms with Crippen molar-refractivity contribution in [2.75, 3.05) is 24.6 Å². The van der Waals surface area contributed by atoms with E-state index in [1.165, 1.54) is 34.5 Å². The number of nitrogen functional groups attached to an aromatic ring is 1. The van der Waals surface area contributed by atoms with Crippen molar-refractivity contribution in [1.82, 2.24) is 35.8 Å². The summed E-state index contributed by atoms with van der Waals surface area (Å²) < 4.78 is 0. The average Bonchev–Trinajstić information content (AvgIpc) is 3.37. The smallest absolute Gasteiger partial charge is 0.313 e. The number of anilines is 1. The Kier molecular flexibility index (Phi) is 7.44. The molecule has 2 saturated heterocycles. The molecule has 0 aromatic carbocycles. The van der Waals surface area contributed by atoms with Crippen LogP contribution in [-0.2, 0) is 19.2 Å². The van der Waals surface area contributed by atoms with Gasteiger partial charge in [0.1, 0.15) is 34.9 Å². The second kappa shape index (κ2) is 10.5. The molecule has 0 aliphatic carbocycles. The van der Waals surface area contributed by atoms with Crippen LogP contribution >= 0.6 is 23.5 Å². The van der Waals surface area contributed by atoms with E-state index in [0.29, 0.717) is 5.16 Å². The maximum atomic E-state index is 13.1. The maximum absolute atomic E-state index is 13.1. The number of hydrogen-bond donors (Lipinski definition) is 4. The van der Waals surface area contributed by atoms with Gasteiger partial charge in [0.15, 0.2) is 5.71 Å². The van der Waals surface area contributed by atoms with Crippen LogP contribution in [0.3, 0.4) is 0 Å². The molecule has 190 valence electrons. The number of aromatic amines is 1. The number of H-pyrrole nitrogens is 1. The van der Waals surface area contributed by atoms with Gasteiger partial charge in [0, 0.05) is 17.5 Å². The molecule has 0 bridgehead atoms. The molecule has 4 rings (SSSR count). The number of thioether (sulfide) groups is 2. The summed E-state index contributed by atoms with van der Waals surface area (Å²) >= 11 is 2.48. The largest absolute Gasteiger partial charge is 0.481 e. The highest BCUT2D eigenvalue weighted by Gasteiger charge is 2.59. The maximum Gasteiger partial charge on any atom is 0.313 e. The number of carboxylic acid groups (broad SMARTS) is 1. The molecule has 0 saturated carbocycles. The van der Waals surface area contributed by atoms with Crippen molar-refractivity contribution in [1.29, 1.82) is 0 Å². The molecule has 0 radical (unpaired) electrons. The standard InChI is InChI=1S/C20H23N9O5S2/c1-3-7-34-26-13(11-5-4-6-12(21)22-11)15(30)23-14-16(31)29-8-20(18(32)33,9-35-17(14)29)10(2)36-19-24-27-28-25-19/h3-6,10,14,17H,1,7-9H2,2H3,(H2,21,22)(H,23,30)(H,32,33)(H,24,25,27,28)/t10?,14?,17-,20?/m1/s1. The number of hydrogen-bond acceptors (Lipinski definition) is 12. The summed E-state index contributed by atoms with van der Waals surface area (Å²) in [6.45, 7) is 5.34. The number of aliphatic carboxylic acids is 1. The van der Waals surface area contributed by atoms with Gasteiger partial charge in [-0.1, -0.05) is 42.6 Å². The summed E-state index contributed by atoms with van der Waals surface area (Å²) in [4.78, 5) is 49.1. The van der Waals surface area contributed by atoms with Gasteiger partial charge in [0.05, 0.1) is 0 Å². The van der Waals surface area contributed by atoms with E-state index in [0.717, 1.165) is 0 Å². The second-order valence-corrected chi connectivity index (χ2v) is 10.5. The van der Waals surface area contributed by atoms with Crippen molar-refractivity contribution in [2.45, 2.75) is 28.7 Å². The molecule has 2 aromatic rings. The fraction of sp³-hybridized carbons (Fsp3) is 0.400. The van der Waals surface area contributed by atoms with E-state index in [1.807, 2.05) is 0 Å². The predicted molar refractivity (Wildman–Crippen MR) is 131 cm³/mol. The van der Waals surface area contributed by atoms with Gasteiger partial charge in [-0.05, 0) is 22.6 Å². The van der Waals surface area contributed by atoms with Gasteiger partial charge in [-0.25, -0.2) is 10.1 Å². The van der Waals surface area contributed by atoms with Crippen LogP contribution in [0, 0.1) is 5.41 Å². The van der Waals surface area contributed by atoms with Gasteiger partial charge in [0.2, 0.25) is 11.1 Å². The molecule has 2 aromatic heterocycles. The minimum atomic E-state index is -1.24. The van der Waals surface area contributed by atoms with E-state index in [9.17, 15) is 19.5 Å². The van der Waals surface area contributed by atoms with Gasteiger partial charge in [0.25, 0.3) is 5.91 Å². The number of β-lactam (4-membered cyclic amide) rings is 1. The number of fused-ring (bicyclic) bond motifs is 1. The molecule has 4 heterocycles. The Morgan fingerprint density at radius 2 is 2.36 bits per heavy atom. The lowest BCUT2D eigenvalue weighted by Crippen LogP contribution is -2.74. The number of carbonyl (C=O) groups excluding carboxylic acids is 2. The molecule has 4 atom stereocenters. The highest BCUT2D eigenvalue weighted by molar-refractivity contribution is 8.01. The average molecular weight is 534 g/mol. The van der Waals surface area contributed by atoms with Gasteiger partial charge in [-0.2, -0.15) is 0 Å². The normalized spacial score (nSPS) is 24.3. The Morgan fingerprint density at radius 3 is 3.03 bits per heavy atom. The molecule has 36 heavy (non-hydrogen) atoms. The number of rotatable bonds is 10. The number of nitrogens with two attached hydrogens (primary N) is 1. The van der Waals surface area contributed by atoms with Crippen LogP contribution in [0.25, 0.3) is 0 Å². The van der Waals surface area contributed by atoms with E-state index in [-0.39, 0.29) is 36.1 Å². The van der Waals surface area contributed by atoms with E-state index in [2.05, 4.69) is 42.7 Å². The molecular formula is C20H23N9O5S2. The summed E-state index contributed by atoms with van der Waals surface area (Å²) in [5, 5.41) is 29.5. The Morgan fingerprint density at radius 1 is 1.56 bits per heavy atom. The third kappa shape index (κ3) is 4.86. The number of aromatic nitrogens is 5. The summed E-state index contributed by atoms with van der Waals surface area (Å²) in [6, 6.07) is 3.85. The zero-order chi connectivity index (χ0) is 25.9. The number of nitrogens with zero attached hydrogens (tertiary/aromatic N) is 6. The fourth-order valence-electron chi connectivity index (χ4n) is 3.78. The van der Waals surface area contributed by atoms with Gasteiger partial charge < -0.3 is 25.9 Å². The lowest BCUT2D eigenvalue weighted by atomic mass is 9.84. The Balaban J connectivity index is 1.47. The predicted octanol–water partition coefficient (Wildman–Crippen LogP) is -0.265. The van der Waals surface area contributed by atoms with Gasteiger partial charge >= 0.3 is 5.97 Å². The first-order valence-corrected chi connectivity index (χ1v) is 12.6. The number of amides is 2. The zero-order valence-corrected chi connectivity index (χ0v) is 20.7. The summed E-state index contributed by atoms with van der Waals surface area (Å²) in [5.41, 5.74) is 4.52. The first-order chi connectivity index (χ1) is 17.3. The SMILES string of the molecule is C=CCON=C(C(=O)NC1C(=O)N2CC(C(=O)O)(C(C)Sc3nnn[nH]3)CS[C@H]12)c1cccc(N)n1. The van der Waals surface area contributed by atoms with Gasteiger partial charge in [-0.3, -0.25) is 14.4 Å². The molecule has 0 spiro atoms. The quantitative estimate of drug-likeness (QED) is 0.0779. The summed E-state index contributed by atoms with van der Waals surface area (Å²) in [6.07, 6.45) is 1.46. The molecule has 2 fully saturated rings. The van der Waals surface area contributed by atoms with Crippen LogP contribution in [-0.4, -0.2) is 94.7 Å². The van der Waals surface area contributed by atoms with Crippen molar-refractivity contribution < 1.29 is 24.3 Å². The van der Waals surface area contributed by atoms with Crippen molar-refractivity contribution in [2.24, 2.45) is 10.6 Å². The van der Waals surface area contributed by atoms with Crippen LogP contribution in [0.1, 0.15) is 12.6 Å². The van der Waals surface area contributed by atoms with E-state index in [4.69, 9.17) is 10.6 Å². The van der Waals surface area contributed by atoms with Crippen molar-refractivity contribution in [3.05, 3.63) is 36.5 Å². The van der Waals surface area contributed by atoms with Crippen LogP contribution in [0.2, 0.25) is 0 Å². The van der Waals surface area contributed by atoms with E-state index >= 15 is 0 Å². The topological polar surface area (TPSA) is 202 Å². The highest BCUT2D eigenvalue weighted by Crippen LogP contribution is 2.47. The molecule has 14 nitrogen and oxygen atoms in total. The Labute approximate surface area is 213 Å². The van der Waals surface area contributed by atoms with Gasteiger partial charge in [-0.15, -0.1) is 16.9 Å². The van der Waals surface area contributed by atoms with Crippen LogP contribution in [0.15, 0.2) is 41.2 Å². The minimum Gasteiger partial charge on any atom is -0.481 e. The molecule has 16 heteroatoms. The number of pyridine rings is 1. The monoisotopic (exact) mass is 533 g/mol. The highest BCUT2D eigenvalue weighted by atomic mass is 32.2. The van der Waals surface area contributed by atoms with Crippen molar-refractivity contribution >= 4 is 52.8 Å². The summed E-state index contributed by atoms with van der Waals surface area (Å²) in [7, 11) is 0. The fourth-order valence-corrected chi connectivity index (χ4v) is 6.55. The molecular weight excluding hydrogens is 510 g/mol. The molecule has 5 N–H and O–H groups in total. The van der Waals surface area contributed by atoms with E-state index in [1.54, 1.807) is 25.1 Å². The third-order valence-corrected chi connectivity index (χ3v) is 8.54. The molecule has 2 amide bonds. The Bertz CT molecular complexity index is 1190. The molecule has 3 unspecified atom stereocenters. The lowest BCUT2D eigenvalue weighted by molar-refractivity contribution is -0.158. The van der Waals surface area contributed by atoms with Crippen molar-refractivity contribution in [3.63, 3.8) is 0 Å². The zero-order valence-electron chi connectivity index (χ0n) is 19.0. The molecule has 2 aliphatic heterocycles. The second-order valence-electron chi connectivity index (χ2n) is 8.02. The van der Waals surface area contributed by atoms with E-state index < -0.39 is 39.9 Å². The number of nitrogens with one attached hydrogen (secondary N) is 2. The first-order valence-electron chi connectivity index (χ1n) is 10.7. The number of oxime groups is 1.